The smallest absolute Gasteiger partial charge is 0.252 e. The van der Waals surface area contributed by atoms with Crippen molar-refractivity contribution in [2.24, 2.45) is 11.5 Å². The monoisotopic (exact) mass is 401 g/mol. The van der Waals surface area contributed by atoms with Gasteiger partial charge in [0.2, 0.25) is 0 Å². The first-order chi connectivity index (χ1) is 13.5. The van der Waals surface area contributed by atoms with Crippen LogP contribution in [0.2, 0.25) is 0 Å². The van der Waals surface area contributed by atoms with E-state index in [1.165, 1.54) is 11.3 Å². The van der Waals surface area contributed by atoms with Crippen LogP contribution in [0.1, 0.15) is 36.0 Å². The minimum Gasteiger partial charge on any atom is -0.365 e. The van der Waals surface area contributed by atoms with Gasteiger partial charge >= 0.3 is 0 Å². The molecular weight excluding hydrogens is 381 g/mol. The standard InChI is InChI=1S/C18H20FN7OS/c19-11-6-10(15(21)27)16(24-9-5-14-18(22-7-9)23-8-28-14)26-17(11)25-13-4-2-1-3-12(13)20/h5-8,12-13H,1-4,20H2,(H2,21,27)(H2,24,25,26)/t12-,13+/m0/s1. The third kappa shape index (κ3) is 3.73. The molecule has 4 rings (SSSR count). The summed E-state index contributed by atoms with van der Waals surface area (Å²) in [6, 6.07) is 2.78. The minimum absolute atomic E-state index is 0.0413. The number of carbonyl (C=O) groups excluding carboxylic acids is 1. The number of nitrogens with zero attached hydrogens (tertiary/aromatic N) is 3. The highest BCUT2D eigenvalue weighted by Gasteiger charge is 2.24. The van der Waals surface area contributed by atoms with Gasteiger partial charge in [-0.25, -0.2) is 19.3 Å². The highest BCUT2D eigenvalue weighted by molar-refractivity contribution is 7.16. The Bertz CT molecular complexity index is 1020. The van der Waals surface area contributed by atoms with Crippen molar-refractivity contribution in [1.82, 2.24) is 15.0 Å². The predicted octanol–water partition coefficient (Wildman–Crippen LogP) is 2.75. The van der Waals surface area contributed by atoms with Gasteiger partial charge in [0, 0.05) is 12.1 Å². The lowest BCUT2D eigenvalue weighted by molar-refractivity contribution is 0.100. The van der Waals surface area contributed by atoms with Gasteiger partial charge in [-0.05, 0) is 25.0 Å². The van der Waals surface area contributed by atoms with Crippen molar-refractivity contribution in [2.75, 3.05) is 10.6 Å². The van der Waals surface area contributed by atoms with E-state index in [4.69, 9.17) is 11.5 Å². The average molecular weight is 401 g/mol. The molecular formula is C18H20FN7OS. The van der Waals surface area contributed by atoms with E-state index in [9.17, 15) is 9.18 Å². The third-order valence-electron chi connectivity index (χ3n) is 4.83. The number of primary amides is 1. The van der Waals surface area contributed by atoms with Crippen LogP contribution in [0.3, 0.4) is 0 Å². The van der Waals surface area contributed by atoms with E-state index < -0.39 is 11.7 Å². The first-order valence-electron chi connectivity index (χ1n) is 9.00. The Balaban J connectivity index is 1.66. The first kappa shape index (κ1) is 18.5. The number of thiazole rings is 1. The molecule has 6 N–H and O–H groups in total. The van der Waals surface area contributed by atoms with E-state index in [-0.39, 0.29) is 29.3 Å². The fourth-order valence-electron chi connectivity index (χ4n) is 3.35. The summed E-state index contributed by atoms with van der Waals surface area (Å²) in [6.45, 7) is 0. The molecule has 28 heavy (non-hydrogen) atoms. The number of hydrogen-bond acceptors (Lipinski definition) is 8. The first-order valence-corrected chi connectivity index (χ1v) is 9.88. The Hall–Kier alpha value is -2.85. The molecule has 0 bridgehead atoms. The number of nitrogens with two attached hydrogens (primary N) is 2. The summed E-state index contributed by atoms with van der Waals surface area (Å²) < 4.78 is 15.4. The maximum Gasteiger partial charge on any atom is 0.252 e. The van der Waals surface area contributed by atoms with E-state index in [1.54, 1.807) is 11.7 Å². The minimum atomic E-state index is -0.776. The number of halogens is 1. The lowest BCUT2D eigenvalue weighted by Crippen LogP contribution is -2.43. The highest BCUT2D eigenvalue weighted by atomic mass is 32.1. The van der Waals surface area contributed by atoms with Crippen LogP contribution in [0.15, 0.2) is 23.8 Å². The van der Waals surface area contributed by atoms with Gasteiger partial charge in [-0.1, -0.05) is 12.8 Å². The van der Waals surface area contributed by atoms with Crippen LogP contribution < -0.4 is 22.1 Å². The SMILES string of the molecule is NC(=O)c1cc(F)c(N[C@@H]2CCCC[C@@H]2N)nc1Nc1cnc2ncsc2c1. The molecule has 2 atom stereocenters. The zero-order valence-electron chi connectivity index (χ0n) is 15.0. The molecule has 146 valence electrons. The molecule has 1 amide bonds. The number of amides is 1. The molecule has 3 aromatic rings. The number of anilines is 3. The Kier molecular flexibility index (Phi) is 5.05. The number of aromatic nitrogens is 3. The molecule has 0 radical (unpaired) electrons. The topological polar surface area (TPSA) is 132 Å². The summed E-state index contributed by atoms with van der Waals surface area (Å²) in [5, 5.41) is 6.11. The van der Waals surface area contributed by atoms with Crippen LogP contribution in [0.4, 0.5) is 21.7 Å². The highest BCUT2D eigenvalue weighted by Crippen LogP contribution is 2.28. The van der Waals surface area contributed by atoms with E-state index in [2.05, 4.69) is 25.6 Å². The molecule has 3 aromatic heterocycles. The fraction of sp³-hybridized carbons (Fsp3) is 0.333. The lowest BCUT2D eigenvalue weighted by atomic mass is 9.91. The van der Waals surface area contributed by atoms with Gasteiger partial charge in [-0.2, -0.15) is 0 Å². The number of hydrogen-bond donors (Lipinski definition) is 4. The summed E-state index contributed by atoms with van der Waals surface area (Å²) >= 11 is 1.44. The van der Waals surface area contributed by atoms with Gasteiger partial charge < -0.3 is 22.1 Å². The molecule has 3 heterocycles. The molecule has 0 unspecified atom stereocenters. The van der Waals surface area contributed by atoms with Crippen LogP contribution in [-0.4, -0.2) is 32.9 Å². The second-order valence-electron chi connectivity index (χ2n) is 6.80. The van der Waals surface area contributed by atoms with Crippen LogP contribution in [0, 0.1) is 5.82 Å². The van der Waals surface area contributed by atoms with Crippen molar-refractivity contribution in [1.29, 1.82) is 0 Å². The van der Waals surface area contributed by atoms with Crippen molar-refractivity contribution in [3.8, 4) is 0 Å². The summed E-state index contributed by atoms with van der Waals surface area (Å²) in [7, 11) is 0. The third-order valence-corrected chi connectivity index (χ3v) is 5.60. The molecule has 1 aliphatic rings. The van der Waals surface area contributed by atoms with Crippen molar-refractivity contribution in [3.05, 3.63) is 35.2 Å². The number of nitrogens with one attached hydrogen (secondary N) is 2. The van der Waals surface area contributed by atoms with E-state index >= 15 is 0 Å². The van der Waals surface area contributed by atoms with E-state index in [0.717, 1.165) is 36.4 Å². The number of fused-ring (bicyclic) bond motifs is 1. The van der Waals surface area contributed by atoms with Crippen LogP contribution in [0.5, 0.6) is 0 Å². The Morgan fingerprint density at radius 2 is 2.04 bits per heavy atom. The summed E-state index contributed by atoms with van der Waals surface area (Å²) in [5.74, 6) is -1.22. The molecule has 1 aliphatic carbocycles. The number of pyridine rings is 2. The maximum absolute atomic E-state index is 14.6. The Labute approximate surface area is 164 Å². The molecule has 1 fully saturated rings. The van der Waals surface area contributed by atoms with Crippen LogP contribution in [-0.2, 0) is 0 Å². The Morgan fingerprint density at radius 3 is 2.82 bits per heavy atom. The molecule has 8 nitrogen and oxygen atoms in total. The van der Waals surface area contributed by atoms with Gasteiger partial charge in [-0.15, -0.1) is 11.3 Å². The van der Waals surface area contributed by atoms with Crippen molar-refractivity contribution in [3.63, 3.8) is 0 Å². The quantitative estimate of drug-likeness (QED) is 0.517. The van der Waals surface area contributed by atoms with Gasteiger partial charge in [-0.3, -0.25) is 4.79 Å². The van der Waals surface area contributed by atoms with E-state index in [0.29, 0.717) is 11.3 Å². The molecule has 1 saturated carbocycles. The zero-order chi connectivity index (χ0) is 19.7. The maximum atomic E-state index is 14.6. The molecule has 10 heteroatoms. The second-order valence-corrected chi connectivity index (χ2v) is 7.69. The largest absolute Gasteiger partial charge is 0.365 e. The number of carbonyl (C=O) groups is 1. The molecule has 0 spiro atoms. The summed E-state index contributed by atoms with van der Waals surface area (Å²) in [6.07, 6.45) is 5.38. The van der Waals surface area contributed by atoms with Gasteiger partial charge in [0.1, 0.15) is 5.82 Å². The second kappa shape index (κ2) is 7.64. The van der Waals surface area contributed by atoms with E-state index in [1.807, 2.05) is 6.07 Å². The zero-order valence-corrected chi connectivity index (χ0v) is 15.8. The van der Waals surface area contributed by atoms with Crippen LogP contribution in [0.25, 0.3) is 10.3 Å². The summed E-state index contributed by atoms with van der Waals surface area (Å²) in [5.41, 5.74) is 14.4. The fourth-order valence-corrected chi connectivity index (χ4v) is 4.02. The van der Waals surface area contributed by atoms with Crippen molar-refractivity contribution < 1.29 is 9.18 Å². The molecule has 0 saturated heterocycles. The lowest BCUT2D eigenvalue weighted by Gasteiger charge is -2.30. The normalized spacial score (nSPS) is 19.5. The summed E-state index contributed by atoms with van der Waals surface area (Å²) in [4.78, 5) is 24.5. The number of rotatable bonds is 5. The van der Waals surface area contributed by atoms with Crippen molar-refractivity contribution >= 4 is 44.9 Å². The Morgan fingerprint density at radius 1 is 1.21 bits per heavy atom. The van der Waals surface area contributed by atoms with Crippen molar-refractivity contribution in [2.45, 2.75) is 37.8 Å². The predicted molar refractivity (Wildman–Crippen MR) is 107 cm³/mol. The van der Waals surface area contributed by atoms with Gasteiger partial charge in [0.05, 0.1) is 27.7 Å². The molecule has 0 aromatic carbocycles. The van der Waals surface area contributed by atoms with Crippen LogP contribution >= 0.6 is 11.3 Å². The van der Waals surface area contributed by atoms with Gasteiger partial charge in [0.15, 0.2) is 17.3 Å². The molecule has 0 aliphatic heterocycles. The van der Waals surface area contributed by atoms with Gasteiger partial charge in [0.25, 0.3) is 5.91 Å². The average Bonchev–Trinajstić information content (AvgIpc) is 3.13.